The van der Waals surface area contributed by atoms with Gasteiger partial charge in [0.15, 0.2) is 0 Å². The monoisotopic (exact) mass is 344 g/mol. The van der Waals surface area contributed by atoms with Crippen LogP contribution in [0.1, 0.15) is 18.5 Å². The van der Waals surface area contributed by atoms with Gasteiger partial charge in [-0.2, -0.15) is 0 Å². The maximum Gasteiger partial charge on any atom is 0.321 e. The number of benzene rings is 1. The molecule has 1 heterocycles. The third-order valence-electron chi connectivity index (χ3n) is 3.52. The summed E-state index contributed by atoms with van der Waals surface area (Å²) in [6.07, 6.45) is 0. The van der Waals surface area contributed by atoms with Crippen LogP contribution in [0.25, 0.3) is 0 Å². The first-order valence-corrected chi connectivity index (χ1v) is 7.38. The summed E-state index contributed by atoms with van der Waals surface area (Å²) >= 11 is 0. The second-order valence-corrected chi connectivity index (χ2v) is 5.15. The van der Waals surface area contributed by atoms with E-state index < -0.39 is 6.03 Å². The summed E-state index contributed by atoms with van der Waals surface area (Å²) in [5, 5.41) is 8.04. The Hall–Kier alpha value is -1.70. The molecule has 23 heavy (non-hydrogen) atoms. The van der Waals surface area contributed by atoms with E-state index in [1.807, 2.05) is 11.0 Å². The fraction of sp³-hybridized carbons (Fsp3) is 0.467. The molecule has 1 unspecified atom stereocenters. The van der Waals surface area contributed by atoms with Gasteiger partial charge in [0, 0.05) is 32.2 Å². The number of carbonyl (C=O) groups excluding carboxylic acids is 2. The van der Waals surface area contributed by atoms with E-state index >= 15 is 0 Å². The van der Waals surface area contributed by atoms with E-state index in [9.17, 15) is 14.0 Å². The van der Waals surface area contributed by atoms with Gasteiger partial charge in [-0.15, -0.1) is 12.4 Å². The minimum Gasteiger partial charge on any atom is -0.338 e. The Balaban J connectivity index is 0.00000264. The van der Waals surface area contributed by atoms with Crippen LogP contribution in [0.5, 0.6) is 0 Å². The van der Waals surface area contributed by atoms with Gasteiger partial charge in [-0.25, -0.2) is 9.18 Å². The van der Waals surface area contributed by atoms with Crippen molar-refractivity contribution in [2.75, 3.05) is 32.7 Å². The highest BCUT2D eigenvalue weighted by molar-refractivity contribution is 5.95. The minimum atomic E-state index is -0.495. The fourth-order valence-electron chi connectivity index (χ4n) is 2.53. The average Bonchev–Trinajstić information content (AvgIpc) is 2.47. The summed E-state index contributed by atoms with van der Waals surface area (Å²) in [7, 11) is 0. The van der Waals surface area contributed by atoms with Gasteiger partial charge in [-0.05, 0) is 24.6 Å². The molecule has 3 N–H and O–H groups in total. The number of piperazine rings is 1. The van der Waals surface area contributed by atoms with Crippen LogP contribution in [0, 0.1) is 5.82 Å². The number of hydrogen-bond acceptors (Lipinski definition) is 4. The summed E-state index contributed by atoms with van der Waals surface area (Å²) in [4.78, 5) is 25.2. The zero-order chi connectivity index (χ0) is 15.9. The molecule has 1 aliphatic heterocycles. The molecule has 1 fully saturated rings. The number of hydrogen-bond donors (Lipinski definition) is 3. The summed E-state index contributed by atoms with van der Waals surface area (Å²) in [6, 6.07) is 5.79. The molecule has 1 saturated heterocycles. The van der Waals surface area contributed by atoms with Gasteiger partial charge in [0.2, 0.25) is 5.91 Å². The molecule has 8 heteroatoms. The van der Waals surface area contributed by atoms with Gasteiger partial charge in [-0.1, -0.05) is 12.1 Å². The van der Waals surface area contributed by atoms with E-state index in [4.69, 9.17) is 0 Å². The Kier molecular flexibility index (Phi) is 7.94. The topological polar surface area (TPSA) is 73.5 Å². The van der Waals surface area contributed by atoms with Crippen LogP contribution in [-0.4, -0.2) is 49.6 Å². The number of urea groups is 1. The van der Waals surface area contributed by atoms with Crippen LogP contribution in [0.4, 0.5) is 9.18 Å². The highest BCUT2D eigenvalue weighted by atomic mass is 35.5. The first-order valence-electron chi connectivity index (χ1n) is 7.38. The van der Waals surface area contributed by atoms with Crippen LogP contribution in [0.2, 0.25) is 0 Å². The lowest BCUT2D eigenvalue weighted by atomic mass is 10.0. The molecule has 0 aliphatic carbocycles. The Morgan fingerprint density at radius 3 is 2.91 bits per heavy atom. The summed E-state index contributed by atoms with van der Waals surface area (Å²) in [5.41, 5.74) is 0.818. The quantitative estimate of drug-likeness (QED) is 0.763. The number of imide groups is 1. The lowest BCUT2D eigenvalue weighted by molar-refractivity contribution is -0.122. The maximum atomic E-state index is 13.4. The van der Waals surface area contributed by atoms with Crippen LogP contribution >= 0.6 is 12.4 Å². The van der Waals surface area contributed by atoms with Gasteiger partial charge < -0.3 is 10.6 Å². The molecule has 0 bridgehead atoms. The molecule has 1 aromatic carbocycles. The largest absolute Gasteiger partial charge is 0.338 e. The van der Waals surface area contributed by atoms with Gasteiger partial charge in [0.25, 0.3) is 0 Å². The molecule has 0 saturated carbocycles. The highest BCUT2D eigenvalue weighted by Crippen LogP contribution is 2.22. The highest BCUT2D eigenvalue weighted by Gasteiger charge is 2.26. The molecule has 6 nitrogen and oxygen atoms in total. The number of rotatable bonds is 4. The Bertz CT molecular complexity index is 544. The molecule has 1 atom stereocenters. The van der Waals surface area contributed by atoms with Crippen molar-refractivity contribution < 1.29 is 14.0 Å². The number of amides is 3. The normalized spacial score (nSPS) is 17.9. The standard InChI is InChI=1S/C15H21FN4O2.ClH/c1-2-18-15(22)19-14(21)10-20-7-6-17-9-13(20)11-4-3-5-12(16)8-11;/h3-5,8,13,17H,2,6-7,9-10H2,1H3,(H2,18,19,21,22);1H. The molecule has 2 rings (SSSR count). The Labute approximate surface area is 141 Å². The third-order valence-corrected chi connectivity index (χ3v) is 3.52. The molecule has 1 aromatic rings. The van der Waals surface area contributed by atoms with Crippen LogP contribution in [-0.2, 0) is 4.79 Å². The van der Waals surface area contributed by atoms with Crippen molar-refractivity contribution in [2.24, 2.45) is 0 Å². The number of carbonyl (C=O) groups is 2. The number of nitrogens with zero attached hydrogens (tertiary/aromatic N) is 1. The van der Waals surface area contributed by atoms with Crippen molar-refractivity contribution in [1.29, 1.82) is 0 Å². The van der Waals surface area contributed by atoms with Gasteiger partial charge >= 0.3 is 6.03 Å². The second-order valence-electron chi connectivity index (χ2n) is 5.15. The molecule has 0 radical (unpaired) electrons. The van der Waals surface area contributed by atoms with E-state index in [2.05, 4.69) is 16.0 Å². The lowest BCUT2D eigenvalue weighted by Crippen LogP contribution is -2.51. The fourth-order valence-corrected chi connectivity index (χ4v) is 2.53. The van der Waals surface area contributed by atoms with Crippen molar-refractivity contribution in [2.45, 2.75) is 13.0 Å². The Morgan fingerprint density at radius 2 is 2.22 bits per heavy atom. The average molecular weight is 345 g/mol. The smallest absolute Gasteiger partial charge is 0.321 e. The molecule has 0 aromatic heterocycles. The van der Waals surface area contributed by atoms with Crippen molar-refractivity contribution in [3.05, 3.63) is 35.6 Å². The number of halogens is 2. The van der Waals surface area contributed by atoms with E-state index in [1.54, 1.807) is 13.0 Å². The van der Waals surface area contributed by atoms with Crippen molar-refractivity contribution in [1.82, 2.24) is 20.9 Å². The Morgan fingerprint density at radius 1 is 1.43 bits per heavy atom. The van der Waals surface area contributed by atoms with Crippen molar-refractivity contribution >= 4 is 24.3 Å². The summed E-state index contributed by atoms with van der Waals surface area (Å²) in [5.74, 6) is -0.663. The van der Waals surface area contributed by atoms with Crippen LogP contribution < -0.4 is 16.0 Å². The van der Waals surface area contributed by atoms with E-state index in [0.717, 1.165) is 12.1 Å². The van der Waals surface area contributed by atoms with Gasteiger partial charge in [0.05, 0.1) is 6.54 Å². The van der Waals surface area contributed by atoms with Crippen molar-refractivity contribution in [3.8, 4) is 0 Å². The van der Waals surface area contributed by atoms with Crippen molar-refractivity contribution in [3.63, 3.8) is 0 Å². The first kappa shape index (κ1) is 19.3. The lowest BCUT2D eigenvalue weighted by Gasteiger charge is -2.35. The zero-order valence-electron chi connectivity index (χ0n) is 13.0. The predicted molar refractivity (Wildman–Crippen MR) is 88.0 cm³/mol. The van der Waals surface area contributed by atoms with Gasteiger partial charge in [-0.3, -0.25) is 15.0 Å². The van der Waals surface area contributed by atoms with Gasteiger partial charge in [0.1, 0.15) is 5.82 Å². The first-order chi connectivity index (χ1) is 10.6. The van der Waals surface area contributed by atoms with E-state index in [1.165, 1.54) is 12.1 Å². The van der Waals surface area contributed by atoms with E-state index in [0.29, 0.717) is 19.6 Å². The van der Waals surface area contributed by atoms with Crippen LogP contribution in [0.3, 0.4) is 0 Å². The molecular formula is C15H22ClFN4O2. The summed E-state index contributed by atoms with van der Waals surface area (Å²) in [6.45, 7) is 4.38. The molecule has 0 spiro atoms. The van der Waals surface area contributed by atoms with Crippen LogP contribution in [0.15, 0.2) is 24.3 Å². The molecular weight excluding hydrogens is 323 g/mol. The third kappa shape index (κ3) is 5.78. The molecule has 128 valence electrons. The molecule has 1 aliphatic rings. The number of nitrogens with one attached hydrogen (secondary N) is 3. The summed E-state index contributed by atoms with van der Waals surface area (Å²) < 4.78 is 13.4. The second kappa shape index (κ2) is 9.44. The van der Waals surface area contributed by atoms with E-state index in [-0.39, 0.29) is 36.7 Å². The molecule has 3 amide bonds. The zero-order valence-corrected chi connectivity index (χ0v) is 13.8. The maximum absolute atomic E-state index is 13.4. The SMILES string of the molecule is CCNC(=O)NC(=O)CN1CCNCC1c1cccc(F)c1.Cl. The predicted octanol–water partition coefficient (Wildman–Crippen LogP) is 1.04. The minimum absolute atomic E-state index is 0.